The summed E-state index contributed by atoms with van der Waals surface area (Å²) in [5, 5.41) is 17.0. The molecule has 0 aliphatic rings. The molecule has 3 rings (SSSR count). The van der Waals surface area contributed by atoms with Gasteiger partial charge >= 0.3 is 0 Å². The lowest BCUT2D eigenvalue weighted by atomic mass is 10.1. The molecule has 3 aromatic rings. The fourth-order valence-corrected chi connectivity index (χ4v) is 2.54. The summed E-state index contributed by atoms with van der Waals surface area (Å²) in [6.07, 6.45) is 2.73. The van der Waals surface area contributed by atoms with Crippen LogP contribution in [0.2, 0.25) is 0 Å². The van der Waals surface area contributed by atoms with Gasteiger partial charge in [-0.25, -0.2) is 5.48 Å². The van der Waals surface area contributed by atoms with Crippen LogP contribution in [0.5, 0.6) is 0 Å². The summed E-state index contributed by atoms with van der Waals surface area (Å²) in [5.74, 6) is -0.552. The minimum Gasteiger partial charge on any atom is -0.288 e. The second-order valence-corrected chi connectivity index (χ2v) is 5.63. The smallest absolute Gasteiger partial charge is 0.274 e. The van der Waals surface area contributed by atoms with Crippen molar-refractivity contribution >= 4 is 5.91 Å². The number of carbonyl (C=O) groups excluding carboxylic acids is 1. The number of nitrogens with zero attached hydrogens (tertiary/aromatic N) is 3. The van der Waals surface area contributed by atoms with E-state index in [1.165, 1.54) is 11.1 Å². The molecule has 0 aliphatic heterocycles. The maximum Gasteiger partial charge on any atom is 0.274 e. The van der Waals surface area contributed by atoms with Gasteiger partial charge in [-0.3, -0.25) is 14.7 Å². The van der Waals surface area contributed by atoms with Crippen molar-refractivity contribution in [3.63, 3.8) is 0 Å². The van der Waals surface area contributed by atoms with Crippen molar-refractivity contribution in [1.29, 1.82) is 0 Å². The third kappa shape index (κ3) is 3.67. The maximum atomic E-state index is 11.5. The molecule has 0 aliphatic carbocycles. The minimum absolute atomic E-state index is 0.365. The van der Waals surface area contributed by atoms with Crippen LogP contribution < -0.4 is 5.48 Å². The van der Waals surface area contributed by atoms with Crippen LogP contribution in [0.3, 0.4) is 0 Å². The predicted molar refractivity (Wildman–Crippen MR) is 89.6 cm³/mol. The number of aromatic nitrogens is 3. The maximum absolute atomic E-state index is 11.5. The van der Waals surface area contributed by atoms with Crippen LogP contribution in [0, 0.1) is 6.92 Å². The third-order valence-electron chi connectivity index (χ3n) is 3.77. The normalized spacial score (nSPS) is 10.6. The molecule has 0 fully saturated rings. The van der Waals surface area contributed by atoms with E-state index in [0.29, 0.717) is 11.3 Å². The van der Waals surface area contributed by atoms with E-state index >= 15 is 0 Å². The Balaban J connectivity index is 1.72. The van der Waals surface area contributed by atoms with E-state index in [9.17, 15) is 4.79 Å². The number of hydroxylamine groups is 1. The highest BCUT2D eigenvalue weighted by Crippen LogP contribution is 2.18. The molecule has 0 saturated heterocycles. The summed E-state index contributed by atoms with van der Waals surface area (Å²) in [4.78, 5) is 11.5. The van der Waals surface area contributed by atoms with Gasteiger partial charge in [0, 0.05) is 17.7 Å². The van der Waals surface area contributed by atoms with Crippen LogP contribution in [0.15, 0.2) is 54.7 Å². The molecule has 2 aromatic carbocycles. The first-order valence-electron chi connectivity index (χ1n) is 7.66. The number of carbonyl (C=O) groups is 1. The third-order valence-corrected chi connectivity index (χ3v) is 3.77. The number of amides is 1. The molecule has 0 bridgehead atoms. The largest absolute Gasteiger partial charge is 0.288 e. The van der Waals surface area contributed by atoms with Gasteiger partial charge in [0.15, 0.2) is 0 Å². The Labute approximate surface area is 139 Å². The number of rotatable bonds is 5. The van der Waals surface area contributed by atoms with E-state index in [1.54, 1.807) is 28.4 Å². The second-order valence-electron chi connectivity index (χ2n) is 5.63. The zero-order valence-electron chi connectivity index (χ0n) is 13.3. The highest BCUT2D eigenvalue weighted by Gasteiger charge is 2.08. The summed E-state index contributed by atoms with van der Waals surface area (Å²) >= 11 is 0. The monoisotopic (exact) mass is 322 g/mol. The Kier molecular flexibility index (Phi) is 4.67. The summed E-state index contributed by atoms with van der Waals surface area (Å²) in [7, 11) is 0. The molecule has 122 valence electrons. The van der Waals surface area contributed by atoms with Gasteiger partial charge in [-0.2, -0.15) is 0 Å². The van der Waals surface area contributed by atoms with Gasteiger partial charge in [0.25, 0.3) is 5.91 Å². The minimum atomic E-state index is -0.552. The van der Waals surface area contributed by atoms with Crippen molar-refractivity contribution in [3.05, 3.63) is 71.4 Å². The molecule has 1 aromatic heterocycles. The number of hydrogen-bond donors (Lipinski definition) is 2. The number of aryl methyl sites for hydroxylation is 3. The van der Waals surface area contributed by atoms with Crippen molar-refractivity contribution in [3.8, 4) is 11.3 Å². The Morgan fingerprint density at radius 1 is 1.21 bits per heavy atom. The van der Waals surface area contributed by atoms with E-state index in [1.807, 2.05) is 12.3 Å². The van der Waals surface area contributed by atoms with Gasteiger partial charge in [-0.1, -0.05) is 47.2 Å². The van der Waals surface area contributed by atoms with Gasteiger partial charge in [-0.05, 0) is 31.0 Å². The summed E-state index contributed by atoms with van der Waals surface area (Å²) < 4.78 is 1.79. The van der Waals surface area contributed by atoms with Gasteiger partial charge in [0.05, 0.1) is 6.20 Å². The molecule has 0 unspecified atom stereocenters. The quantitative estimate of drug-likeness (QED) is 0.559. The molecule has 1 heterocycles. The molecule has 1 amide bonds. The van der Waals surface area contributed by atoms with Gasteiger partial charge in [-0.15, -0.1) is 5.10 Å². The Morgan fingerprint density at radius 3 is 2.83 bits per heavy atom. The molecule has 2 N–H and O–H groups in total. The predicted octanol–water partition coefficient (Wildman–Crippen LogP) is 2.62. The van der Waals surface area contributed by atoms with Gasteiger partial charge < -0.3 is 0 Å². The number of benzene rings is 2. The van der Waals surface area contributed by atoms with E-state index in [0.717, 1.165) is 18.5 Å². The molecule has 6 heteroatoms. The Morgan fingerprint density at radius 2 is 2.04 bits per heavy atom. The van der Waals surface area contributed by atoms with Crippen molar-refractivity contribution in [2.24, 2.45) is 0 Å². The Hall–Kier alpha value is -2.99. The van der Waals surface area contributed by atoms with Gasteiger partial charge in [0.1, 0.15) is 5.69 Å². The average Bonchev–Trinajstić information content (AvgIpc) is 3.08. The number of hydrogen-bond acceptors (Lipinski definition) is 4. The lowest BCUT2D eigenvalue weighted by Crippen LogP contribution is -2.18. The lowest BCUT2D eigenvalue weighted by molar-refractivity contribution is 0.0706. The summed E-state index contributed by atoms with van der Waals surface area (Å²) in [6, 6.07) is 15.3. The van der Waals surface area contributed by atoms with Crippen LogP contribution in [0.25, 0.3) is 11.3 Å². The fraction of sp³-hybridized carbons (Fsp3) is 0.167. The van der Waals surface area contributed by atoms with Crippen LogP contribution >= 0.6 is 0 Å². The zero-order chi connectivity index (χ0) is 16.9. The zero-order valence-corrected chi connectivity index (χ0v) is 13.3. The fourth-order valence-electron chi connectivity index (χ4n) is 2.54. The first-order valence-corrected chi connectivity index (χ1v) is 7.66. The van der Waals surface area contributed by atoms with E-state index < -0.39 is 5.91 Å². The van der Waals surface area contributed by atoms with Crippen LogP contribution in [0.1, 0.15) is 21.5 Å². The molecule has 0 radical (unpaired) electrons. The van der Waals surface area contributed by atoms with Crippen LogP contribution in [-0.2, 0) is 13.0 Å². The summed E-state index contributed by atoms with van der Waals surface area (Å²) in [6.45, 7) is 2.81. The van der Waals surface area contributed by atoms with Crippen molar-refractivity contribution < 1.29 is 10.0 Å². The molecular formula is C18H18N4O2. The molecule has 0 saturated carbocycles. The van der Waals surface area contributed by atoms with Crippen molar-refractivity contribution in [2.75, 3.05) is 0 Å². The van der Waals surface area contributed by atoms with Crippen molar-refractivity contribution in [2.45, 2.75) is 19.9 Å². The van der Waals surface area contributed by atoms with Crippen molar-refractivity contribution in [1.82, 2.24) is 20.5 Å². The first kappa shape index (κ1) is 15.9. The van der Waals surface area contributed by atoms with Crippen LogP contribution in [-0.4, -0.2) is 26.1 Å². The lowest BCUT2D eigenvalue weighted by Gasteiger charge is -2.02. The average molecular weight is 322 g/mol. The first-order chi connectivity index (χ1) is 11.7. The molecule has 24 heavy (non-hydrogen) atoms. The van der Waals surface area contributed by atoms with E-state index in [4.69, 9.17) is 5.21 Å². The topological polar surface area (TPSA) is 80.0 Å². The highest BCUT2D eigenvalue weighted by atomic mass is 16.5. The second kappa shape index (κ2) is 7.06. The molecule has 6 nitrogen and oxygen atoms in total. The number of nitrogens with one attached hydrogen (secondary N) is 1. The van der Waals surface area contributed by atoms with E-state index in [-0.39, 0.29) is 0 Å². The summed E-state index contributed by atoms with van der Waals surface area (Å²) in [5.41, 5.74) is 5.96. The highest BCUT2D eigenvalue weighted by molar-refractivity contribution is 5.94. The van der Waals surface area contributed by atoms with Crippen LogP contribution in [0.4, 0.5) is 0 Å². The van der Waals surface area contributed by atoms with Gasteiger partial charge in [0.2, 0.25) is 0 Å². The standard InChI is InChI=1S/C18H18N4O2/c1-13-4-2-5-14(10-13)8-9-22-12-17(19-21-22)15-6-3-7-16(11-15)18(23)20-24/h2-7,10-12,24H,8-9H2,1H3,(H,20,23). The molecule has 0 spiro atoms. The molecular weight excluding hydrogens is 304 g/mol. The molecule has 0 atom stereocenters. The van der Waals surface area contributed by atoms with E-state index in [2.05, 4.69) is 41.5 Å². The SMILES string of the molecule is Cc1cccc(CCn2cc(-c3cccc(C(=O)NO)c3)nn2)c1. The Bertz CT molecular complexity index is 857.